The Morgan fingerprint density at radius 2 is 1.83 bits per heavy atom. The van der Waals surface area contributed by atoms with Crippen molar-refractivity contribution >= 4 is 5.69 Å². The molecule has 0 bridgehead atoms. The van der Waals surface area contributed by atoms with Crippen molar-refractivity contribution in [2.24, 2.45) is 0 Å². The molecule has 2 unspecified atom stereocenters. The van der Waals surface area contributed by atoms with Crippen LogP contribution in [0.5, 0.6) is 0 Å². The van der Waals surface area contributed by atoms with Crippen LogP contribution < -0.4 is 9.47 Å². The Hall–Kier alpha value is -2.48. The molecule has 5 heteroatoms. The molecule has 0 aliphatic carbocycles. The summed E-state index contributed by atoms with van der Waals surface area (Å²) in [4.78, 5) is 1.97. The fourth-order valence-corrected chi connectivity index (χ4v) is 5.32. The van der Waals surface area contributed by atoms with Gasteiger partial charge in [0, 0.05) is 44.8 Å². The van der Waals surface area contributed by atoms with Gasteiger partial charge in [-0.25, -0.2) is 8.78 Å². The van der Waals surface area contributed by atoms with Crippen molar-refractivity contribution in [1.29, 1.82) is 5.26 Å². The molecule has 29 heavy (non-hydrogen) atoms. The summed E-state index contributed by atoms with van der Waals surface area (Å²) >= 11 is 0. The van der Waals surface area contributed by atoms with E-state index >= 15 is 4.39 Å². The van der Waals surface area contributed by atoms with E-state index in [9.17, 15) is 9.65 Å². The molecule has 0 amide bonds. The van der Waals surface area contributed by atoms with Gasteiger partial charge in [-0.15, -0.1) is 0 Å². The summed E-state index contributed by atoms with van der Waals surface area (Å²) in [7, 11) is 3.88. The predicted molar refractivity (Wildman–Crippen MR) is 112 cm³/mol. The first kappa shape index (κ1) is 21.2. The van der Waals surface area contributed by atoms with Gasteiger partial charge in [0.25, 0.3) is 0 Å². The highest BCUT2D eigenvalue weighted by Crippen LogP contribution is 2.53. The quantitative estimate of drug-likeness (QED) is 0.628. The second-order valence-electron chi connectivity index (χ2n) is 8.44. The summed E-state index contributed by atoms with van der Waals surface area (Å²) in [5, 5.41) is 9.37. The fourth-order valence-electron chi connectivity index (χ4n) is 5.32. The molecule has 0 spiro atoms. The van der Waals surface area contributed by atoms with Crippen LogP contribution in [0.3, 0.4) is 0 Å². The minimum absolute atomic E-state index is 0.309. The van der Waals surface area contributed by atoms with Gasteiger partial charge in [-0.05, 0) is 31.4 Å². The van der Waals surface area contributed by atoms with Gasteiger partial charge < -0.3 is 4.90 Å². The first-order valence-electron chi connectivity index (χ1n) is 10.4. The number of benzene rings is 1. The molecule has 0 saturated heterocycles. The molecule has 2 heterocycles. The van der Waals surface area contributed by atoms with Crippen molar-refractivity contribution in [2.75, 3.05) is 19.0 Å². The summed E-state index contributed by atoms with van der Waals surface area (Å²) in [5.74, 6) is -1.53. The van der Waals surface area contributed by atoms with E-state index in [1.54, 1.807) is 6.07 Å². The standard InChI is InChI=1S/C24H30F2N3/c1-7-11-24(9-3)23(4,8-2)18-14-19(25)17(15-27)22(26)21(18)20-13-16(28(5)6)10-12-29(20)24/h10,12-14H,7-9,11H2,1-6H3/q+1. The molecule has 1 aromatic carbocycles. The number of aromatic nitrogens is 1. The molecular formula is C24H30F2N3+. The van der Waals surface area contributed by atoms with Gasteiger partial charge in [0.15, 0.2) is 17.6 Å². The maximum Gasteiger partial charge on any atom is 0.218 e. The lowest BCUT2D eigenvalue weighted by Crippen LogP contribution is -2.69. The Kier molecular flexibility index (Phi) is 5.42. The zero-order chi connectivity index (χ0) is 21.6. The number of fused-ring (bicyclic) bond motifs is 3. The number of anilines is 1. The Balaban J connectivity index is 2.54. The number of halogens is 2. The SMILES string of the molecule is CCCC1(CC)[n+]2ccc(N(C)C)cc2-c2c(cc(F)c(C#N)c2F)C1(C)CC. The molecule has 1 aliphatic heterocycles. The zero-order valence-corrected chi connectivity index (χ0v) is 18.2. The van der Waals surface area contributed by atoms with Crippen LogP contribution in [0.1, 0.15) is 64.5 Å². The molecule has 0 fully saturated rings. The zero-order valence-electron chi connectivity index (χ0n) is 18.2. The molecule has 1 aliphatic rings. The van der Waals surface area contributed by atoms with Crippen LogP contribution in [-0.4, -0.2) is 14.1 Å². The van der Waals surface area contributed by atoms with E-state index in [0.29, 0.717) is 16.8 Å². The largest absolute Gasteiger partial charge is 0.377 e. The van der Waals surface area contributed by atoms with E-state index in [2.05, 4.69) is 32.3 Å². The first-order valence-corrected chi connectivity index (χ1v) is 10.4. The Labute approximate surface area is 172 Å². The maximum atomic E-state index is 15.6. The Morgan fingerprint density at radius 1 is 1.14 bits per heavy atom. The molecule has 0 saturated carbocycles. The molecule has 0 radical (unpaired) electrons. The molecule has 2 aromatic rings. The average molecular weight is 399 g/mol. The van der Waals surface area contributed by atoms with Crippen molar-refractivity contribution in [1.82, 2.24) is 0 Å². The molecule has 0 N–H and O–H groups in total. The van der Waals surface area contributed by atoms with Crippen LogP contribution >= 0.6 is 0 Å². The van der Waals surface area contributed by atoms with E-state index in [1.807, 2.05) is 37.3 Å². The highest BCUT2D eigenvalue weighted by Gasteiger charge is 2.59. The normalized spacial score (nSPS) is 22.6. The molecule has 154 valence electrons. The lowest BCUT2D eigenvalue weighted by Gasteiger charge is -2.48. The lowest BCUT2D eigenvalue weighted by molar-refractivity contribution is -0.770. The number of hydrogen-bond acceptors (Lipinski definition) is 2. The third-order valence-corrected chi connectivity index (χ3v) is 7.08. The molecule has 3 rings (SSSR count). The van der Waals surface area contributed by atoms with Crippen molar-refractivity contribution in [3.05, 3.63) is 47.2 Å². The lowest BCUT2D eigenvalue weighted by atomic mass is 9.58. The molecule has 2 atom stereocenters. The summed E-state index contributed by atoms with van der Waals surface area (Å²) < 4.78 is 32.5. The van der Waals surface area contributed by atoms with Gasteiger partial charge in [0.05, 0.1) is 11.0 Å². The second-order valence-corrected chi connectivity index (χ2v) is 8.44. The highest BCUT2D eigenvalue weighted by atomic mass is 19.1. The summed E-state index contributed by atoms with van der Waals surface area (Å²) in [6.07, 6.45) is 5.47. The van der Waals surface area contributed by atoms with Gasteiger partial charge in [0.2, 0.25) is 5.69 Å². The van der Waals surface area contributed by atoms with E-state index in [4.69, 9.17) is 0 Å². The van der Waals surface area contributed by atoms with Gasteiger partial charge in [-0.2, -0.15) is 9.83 Å². The topological polar surface area (TPSA) is 30.9 Å². The van der Waals surface area contributed by atoms with Gasteiger partial charge in [-0.1, -0.05) is 20.8 Å². The number of hydrogen-bond donors (Lipinski definition) is 0. The summed E-state index contributed by atoms with van der Waals surface area (Å²) in [5.41, 5.74) is 1.38. The van der Waals surface area contributed by atoms with Crippen LogP contribution in [0, 0.1) is 23.0 Å². The monoisotopic (exact) mass is 398 g/mol. The average Bonchev–Trinajstić information content (AvgIpc) is 2.70. The van der Waals surface area contributed by atoms with E-state index in [0.717, 1.165) is 31.4 Å². The summed E-state index contributed by atoms with van der Waals surface area (Å²) in [6, 6.07) is 7.12. The van der Waals surface area contributed by atoms with Crippen LogP contribution in [-0.2, 0) is 11.0 Å². The van der Waals surface area contributed by atoms with E-state index < -0.39 is 22.6 Å². The van der Waals surface area contributed by atoms with E-state index in [1.165, 1.54) is 6.07 Å². The minimum atomic E-state index is -0.776. The van der Waals surface area contributed by atoms with Crippen LogP contribution in [0.4, 0.5) is 14.5 Å². The maximum absolute atomic E-state index is 15.6. The summed E-state index contributed by atoms with van der Waals surface area (Å²) in [6.45, 7) is 8.50. The number of nitrogens with zero attached hydrogens (tertiary/aromatic N) is 3. The number of rotatable bonds is 5. The molecule has 1 aromatic heterocycles. The molecule has 3 nitrogen and oxygen atoms in total. The third kappa shape index (κ3) is 2.76. The van der Waals surface area contributed by atoms with Gasteiger partial charge in [0.1, 0.15) is 17.4 Å². The van der Waals surface area contributed by atoms with Crippen LogP contribution in [0.25, 0.3) is 11.3 Å². The Bertz CT molecular complexity index is 993. The van der Waals surface area contributed by atoms with Gasteiger partial charge >= 0.3 is 0 Å². The number of nitriles is 1. The first-order chi connectivity index (χ1) is 13.7. The third-order valence-electron chi connectivity index (χ3n) is 7.08. The highest BCUT2D eigenvalue weighted by molar-refractivity contribution is 5.71. The predicted octanol–water partition coefficient (Wildman–Crippen LogP) is 5.44. The van der Waals surface area contributed by atoms with Crippen LogP contribution in [0.15, 0.2) is 24.4 Å². The second kappa shape index (κ2) is 7.40. The smallest absolute Gasteiger partial charge is 0.218 e. The molecular weight excluding hydrogens is 368 g/mol. The Morgan fingerprint density at radius 3 is 2.34 bits per heavy atom. The van der Waals surface area contributed by atoms with E-state index in [-0.39, 0.29) is 5.54 Å². The van der Waals surface area contributed by atoms with Crippen LogP contribution in [0.2, 0.25) is 0 Å². The van der Waals surface area contributed by atoms with Crippen molar-refractivity contribution in [3.8, 4) is 17.3 Å². The number of pyridine rings is 1. The van der Waals surface area contributed by atoms with Crippen molar-refractivity contribution in [2.45, 2.75) is 64.3 Å². The van der Waals surface area contributed by atoms with Crippen molar-refractivity contribution in [3.63, 3.8) is 0 Å². The fraction of sp³-hybridized carbons (Fsp3) is 0.500. The minimum Gasteiger partial charge on any atom is -0.377 e. The van der Waals surface area contributed by atoms with Gasteiger partial charge in [-0.3, -0.25) is 0 Å². The van der Waals surface area contributed by atoms with Crippen molar-refractivity contribution < 1.29 is 13.3 Å².